The van der Waals surface area contributed by atoms with Gasteiger partial charge in [-0.05, 0) is 42.5 Å². The monoisotopic (exact) mass is 268 g/mol. The average Bonchev–Trinajstić information content (AvgIpc) is 2.53. The van der Waals surface area contributed by atoms with Crippen molar-refractivity contribution < 1.29 is 0 Å². The molecule has 1 aromatic heterocycles. The van der Waals surface area contributed by atoms with Crippen LogP contribution in [-0.4, -0.2) is 4.98 Å². The molecule has 1 aliphatic carbocycles. The summed E-state index contributed by atoms with van der Waals surface area (Å²) in [5, 5.41) is 1.19. The van der Waals surface area contributed by atoms with Gasteiger partial charge in [-0.15, -0.1) is 0 Å². The smallest absolute Gasteiger partial charge is 0.0702 e. The number of nitrogens with two attached hydrogens (primary N) is 1. The van der Waals surface area contributed by atoms with Crippen molar-refractivity contribution in [2.24, 2.45) is 11.7 Å². The Kier molecular flexibility index (Phi) is 4.31. The van der Waals surface area contributed by atoms with Gasteiger partial charge in [0.15, 0.2) is 0 Å². The van der Waals surface area contributed by atoms with E-state index in [1.807, 2.05) is 12.3 Å². The van der Waals surface area contributed by atoms with Crippen LogP contribution in [0.25, 0.3) is 10.9 Å². The summed E-state index contributed by atoms with van der Waals surface area (Å²) in [6.07, 6.45) is 11.3. The molecule has 0 amide bonds. The summed E-state index contributed by atoms with van der Waals surface area (Å²) in [6, 6.07) is 10.7. The fourth-order valence-electron chi connectivity index (χ4n) is 3.38. The lowest BCUT2D eigenvalue weighted by Crippen LogP contribution is -2.14. The van der Waals surface area contributed by atoms with E-state index in [0.29, 0.717) is 0 Å². The first-order chi connectivity index (χ1) is 9.83. The molecule has 1 aromatic carbocycles. The van der Waals surface area contributed by atoms with E-state index < -0.39 is 0 Å². The van der Waals surface area contributed by atoms with Gasteiger partial charge in [-0.25, -0.2) is 0 Å². The lowest BCUT2D eigenvalue weighted by Gasteiger charge is -2.23. The largest absolute Gasteiger partial charge is 0.324 e. The van der Waals surface area contributed by atoms with Crippen LogP contribution in [0.3, 0.4) is 0 Å². The van der Waals surface area contributed by atoms with Crippen LogP contribution >= 0.6 is 0 Å². The first-order valence-electron chi connectivity index (χ1n) is 7.93. The third-order valence-electron chi connectivity index (χ3n) is 4.67. The molecule has 20 heavy (non-hydrogen) atoms. The van der Waals surface area contributed by atoms with Gasteiger partial charge in [0.1, 0.15) is 0 Å². The van der Waals surface area contributed by atoms with Gasteiger partial charge in [0.25, 0.3) is 0 Å². The van der Waals surface area contributed by atoms with Crippen LogP contribution in [0.2, 0.25) is 0 Å². The molecule has 1 fully saturated rings. The highest BCUT2D eigenvalue weighted by Gasteiger charge is 2.15. The number of pyridine rings is 1. The van der Waals surface area contributed by atoms with E-state index >= 15 is 0 Å². The Labute approximate surface area is 121 Å². The molecule has 2 N–H and O–H groups in total. The molecule has 106 valence electrons. The molecule has 0 aliphatic heterocycles. The number of benzene rings is 1. The number of aromatic nitrogens is 1. The molecule has 1 heterocycles. The number of hydrogen-bond donors (Lipinski definition) is 1. The molecule has 2 heteroatoms. The molecule has 1 aliphatic rings. The zero-order chi connectivity index (χ0) is 13.8. The van der Waals surface area contributed by atoms with Crippen LogP contribution in [0.1, 0.15) is 56.6 Å². The molecule has 2 aromatic rings. The number of nitrogens with zero attached hydrogens (tertiary/aromatic N) is 1. The molecule has 0 radical (unpaired) electrons. The van der Waals surface area contributed by atoms with E-state index in [-0.39, 0.29) is 6.04 Å². The van der Waals surface area contributed by atoms with Crippen LogP contribution in [0.4, 0.5) is 0 Å². The number of rotatable bonds is 4. The van der Waals surface area contributed by atoms with E-state index in [1.54, 1.807) is 0 Å². The van der Waals surface area contributed by atoms with Gasteiger partial charge >= 0.3 is 0 Å². The minimum absolute atomic E-state index is 0.168. The normalized spacial score (nSPS) is 18.2. The van der Waals surface area contributed by atoms with Crippen LogP contribution in [0, 0.1) is 5.92 Å². The zero-order valence-corrected chi connectivity index (χ0v) is 12.1. The van der Waals surface area contributed by atoms with E-state index in [9.17, 15) is 0 Å². The Hall–Kier alpha value is -1.41. The second kappa shape index (κ2) is 6.36. The minimum Gasteiger partial charge on any atom is -0.324 e. The van der Waals surface area contributed by atoms with Crippen molar-refractivity contribution in [2.45, 2.75) is 51.0 Å². The molecule has 1 unspecified atom stereocenters. The average molecular weight is 268 g/mol. The Bertz CT molecular complexity index is 558. The summed E-state index contributed by atoms with van der Waals surface area (Å²) in [5.74, 6) is 0.914. The van der Waals surface area contributed by atoms with Crippen LogP contribution < -0.4 is 5.73 Å². The summed E-state index contributed by atoms with van der Waals surface area (Å²) in [5.41, 5.74) is 8.69. The first kappa shape index (κ1) is 13.6. The topological polar surface area (TPSA) is 38.9 Å². The molecule has 1 atom stereocenters. The van der Waals surface area contributed by atoms with Crippen molar-refractivity contribution in [2.75, 3.05) is 0 Å². The highest BCUT2D eigenvalue weighted by molar-refractivity contribution is 5.79. The van der Waals surface area contributed by atoms with Gasteiger partial charge in [0, 0.05) is 17.6 Å². The summed E-state index contributed by atoms with van der Waals surface area (Å²) in [4.78, 5) is 4.36. The van der Waals surface area contributed by atoms with Gasteiger partial charge < -0.3 is 5.73 Å². The van der Waals surface area contributed by atoms with Crippen molar-refractivity contribution in [3.05, 3.63) is 42.1 Å². The summed E-state index contributed by atoms with van der Waals surface area (Å²) in [7, 11) is 0. The van der Waals surface area contributed by atoms with E-state index in [1.165, 1.54) is 49.5 Å². The predicted octanol–water partition coefficient (Wildman–Crippen LogP) is 4.60. The Balaban J connectivity index is 1.64. The SMILES string of the molecule is NC(CCC1CCCCC1)c1ccc2ncccc2c1. The van der Waals surface area contributed by atoms with Crippen molar-refractivity contribution in [3.8, 4) is 0 Å². The van der Waals surface area contributed by atoms with E-state index in [0.717, 1.165) is 17.9 Å². The van der Waals surface area contributed by atoms with Crippen molar-refractivity contribution in [1.82, 2.24) is 4.98 Å². The van der Waals surface area contributed by atoms with Crippen LogP contribution in [0.15, 0.2) is 36.5 Å². The maximum atomic E-state index is 6.38. The summed E-state index contributed by atoms with van der Waals surface area (Å²) in [6.45, 7) is 0. The molecule has 3 rings (SSSR count). The highest BCUT2D eigenvalue weighted by atomic mass is 14.7. The lowest BCUT2D eigenvalue weighted by atomic mass is 9.84. The molecule has 2 nitrogen and oxygen atoms in total. The maximum absolute atomic E-state index is 6.38. The van der Waals surface area contributed by atoms with Gasteiger partial charge in [-0.2, -0.15) is 0 Å². The van der Waals surface area contributed by atoms with Gasteiger partial charge in [-0.1, -0.05) is 44.2 Å². The van der Waals surface area contributed by atoms with Crippen molar-refractivity contribution in [3.63, 3.8) is 0 Å². The second-order valence-corrected chi connectivity index (χ2v) is 6.14. The Morgan fingerprint density at radius 1 is 1.15 bits per heavy atom. The minimum atomic E-state index is 0.168. The Morgan fingerprint density at radius 3 is 2.85 bits per heavy atom. The lowest BCUT2D eigenvalue weighted by molar-refractivity contribution is 0.324. The first-order valence-corrected chi connectivity index (χ1v) is 7.93. The summed E-state index contributed by atoms with van der Waals surface area (Å²) < 4.78 is 0. The Morgan fingerprint density at radius 2 is 2.00 bits per heavy atom. The fourth-order valence-corrected chi connectivity index (χ4v) is 3.38. The third kappa shape index (κ3) is 3.18. The van der Waals surface area contributed by atoms with Gasteiger partial charge in [0.2, 0.25) is 0 Å². The quantitative estimate of drug-likeness (QED) is 0.880. The van der Waals surface area contributed by atoms with Crippen molar-refractivity contribution in [1.29, 1.82) is 0 Å². The van der Waals surface area contributed by atoms with Gasteiger partial charge in [-0.3, -0.25) is 4.98 Å². The highest BCUT2D eigenvalue weighted by Crippen LogP contribution is 2.30. The van der Waals surface area contributed by atoms with E-state index in [2.05, 4.69) is 29.2 Å². The molecular formula is C18H24N2. The third-order valence-corrected chi connectivity index (χ3v) is 4.67. The second-order valence-electron chi connectivity index (χ2n) is 6.14. The van der Waals surface area contributed by atoms with Crippen LogP contribution in [-0.2, 0) is 0 Å². The standard InChI is InChI=1S/C18H24N2/c19-17(10-8-14-5-2-1-3-6-14)15-9-11-18-16(13-15)7-4-12-20-18/h4,7,9,11-14,17H,1-3,5-6,8,10,19H2. The van der Waals surface area contributed by atoms with E-state index in [4.69, 9.17) is 5.73 Å². The number of hydrogen-bond acceptors (Lipinski definition) is 2. The number of fused-ring (bicyclic) bond motifs is 1. The fraction of sp³-hybridized carbons (Fsp3) is 0.500. The van der Waals surface area contributed by atoms with Crippen molar-refractivity contribution >= 4 is 10.9 Å². The zero-order valence-electron chi connectivity index (χ0n) is 12.1. The predicted molar refractivity (Wildman–Crippen MR) is 84.5 cm³/mol. The van der Waals surface area contributed by atoms with Gasteiger partial charge in [0.05, 0.1) is 5.52 Å². The molecule has 1 saturated carbocycles. The molecule has 0 bridgehead atoms. The molecule has 0 saturated heterocycles. The summed E-state index contributed by atoms with van der Waals surface area (Å²) >= 11 is 0. The molecule has 0 spiro atoms. The molecular weight excluding hydrogens is 244 g/mol. The van der Waals surface area contributed by atoms with Crippen LogP contribution in [0.5, 0.6) is 0 Å². The maximum Gasteiger partial charge on any atom is 0.0702 e.